The van der Waals surface area contributed by atoms with Gasteiger partial charge in [-0.3, -0.25) is 14.5 Å². The van der Waals surface area contributed by atoms with Crippen LogP contribution in [0, 0.1) is 5.41 Å². The Bertz CT molecular complexity index is 293. The molecule has 1 N–H and O–H groups in total. The van der Waals surface area contributed by atoms with Crippen molar-refractivity contribution in [3.8, 4) is 0 Å². The fourth-order valence-corrected chi connectivity index (χ4v) is 2.45. The Morgan fingerprint density at radius 1 is 1.33 bits per heavy atom. The third-order valence-electron chi connectivity index (χ3n) is 3.91. The van der Waals surface area contributed by atoms with Gasteiger partial charge in [0.25, 0.3) is 0 Å². The van der Waals surface area contributed by atoms with Gasteiger partial charge in [-0.1, -0.05) is 13.8 Å². The Balaban J connectivity index is 2.21. The minimum Gasteiger partial charge on any atom is -0.313 e. The molecule has 0 aromatic rings. The first-order chi connectivity index (χ1) is 7.14. The standard InChI is InChI=1S/C11H18N2O2/c1-3-11(4-2)5-9(14)13(10(11)15)8-6-12-7-8/h8,12H,3-7H2,1-2H3. The van der Waals surface area contributed by atoms with Gasteiger partial charge in [0.2, 0.25) is 11.8 Å². The molecule has 4 heteroatoms. The van der Waals surface area contributed by atoms with Gasteiger partial charge in [-0.2, -0.15) is 0 Å². The molecular weight excluding hydrogens is 192 g/mol. The molecule has 2 amide bonds. The van der Waals surface area contributed by atoms with Crippen molar-refractivity contribution in [3.63, 3.8) is 0 Å². The Kier molecular flexibility index (Phi) is 2.54. The van der Waals surface area contributed by atoms with Crippen molar-refractivity contribution >= 4 is 11.8 Å². The number of rotatable bonds is 3. The lowest BCUT2D eigenvalue weighted by Crippen LogP contribution is -2.59. The second-order valence-corrected chi connectivity index (χ2v) is 4.55. The van der Waals surface area contributed by atoms with Gasteiger partial charge in [-0.25, -0.2) is 0 Å². The first-order valence-electron chi connectivity index (χ1n) is 5.72. The SMILES string of the molecule is CCC1(CC)CC(=O)N(C2CNC2)C1=O. The zero-order valence-electron chi connectivity index (χ0n) is 9.38. The van der Waals surface area contributed by atoms with Gasteiger partial charge in [-0.15, -0.1) is 0 Å². The van der Waals surface area contributed by atoms with Crippen LogP contribution in [-0.4, -0.2) is 35.8 Å². The molecule has 0 saturated carbocycles. The molecule has 0 aromatic carbocycles. The van der Waals surface area contributed by atoms with Crippen molar-refractivity contribution < 1.29 is 9.59 Å². The number of nitrogens with zero attached hydrogens (tertiary/aromatic N) is 1. The largest absolute Gasteiger partial charge is 0.313 e. The molecule has 0 atom stereocenters. The maximum absolute atomic E-state index is 12.2. The second-order valence-electron chi connectivity index (χ2n) is 4.55. The van der Waals surface area contributed by atoms with E-state index in [0.717, 1.165) is 25.9 Å². The molecule has 15 heavy (non-hydrogen) atoms. The van der Waals surface area contributed by atoms with Crippen LogP contribution in [0.15, 0.2) is 0 Å². The third kappa shape index (κ3) is 1.39. The summed E-state index contributed by atoms with van der Waals surface area (Å²) in [4.78, 5) is 25.5. The highest BCUT2D eigenvalue weighted by Crippen LogP contribution is 2.40. The Hall–Kier alpha value is -0.900. The van der Waals surface area contributed by atoms with Gasteiger partial charge in [0.1, 0.15) is 0 Å². The number of carbonyl (C=O) groups excluding carboxylic acids is 2. The highest BCUT2D eigenvalue weighted by molar-refractivity contribution is 6.06. The molecule has 0 unspecified atom stereocenters. The molecule has 2 aliphatic rings. The lowest BCUT2D eigenvalue weighted by Gasteiger charge is -2.35. The average Bonchev–Trinajstić information content (AvgIpc) is 2.40. The van der Waals surface area contributed by atoms with E-state index in [1.807, 2.05) is 13.8 Å². The molecule has 2 heterocycles. The summed E-state index contributed by atoms with van der Waals surface area (Å²) < 4.78 is 0. The first kappa shape index (κ1) is 10.6. The lowest BCUT2D eigenvalue weighted by molar-refractivity contribution is -0.145. The first-order valence-corrected chi connectivity index (χ1v) is 5.72. The van der Waals surface area contributed by atoms with Crippen LogP contribution in [0.25, 0.3) is 0 Å². The Morgan fingerprint density at radius 2 is 1.93 bits per heavy atom. The van der Waals surface area contributed by atoms with E-state index in [-0.39, 0.29) is 17.9 Å². The van der Waals surface area contributed by atoms with Crippen LogP contribution >= 0.6 is 0 Å². The van der Waals surface area contributed by atoms with Crippen molar-refractivity contribution in [2.24, 2.45) is 5.41 Å². The van der Waals surface area contributed by atoms with E-state index in [1.54, 1.807) is 0 Å². The molecule has 0 aliphatic carbocycles. The van der Waals surface area contributed by atoms with E-state index < -0.39 is 5.41 Å². The van der Waals surface area contributed by atoms with Gasteiger partial charge >= 0.3 is 0 Å². The van der Waals surface area contributed by atoms with Crippen LogP contribution in [0.1, 0.15) is 33.1 Å². The number of likely N-dealkylation sites (tertiary alicyclic amines) is 1. The molecular formula is C11H18N2O2. The molecule has 0 spiro atoms. The van der Waals surface area contributed by atoms with E-state index in [0.29, 0.717) is 6.42 Å². The summed E-state index contributed by atoms with van der Waals surface area (Å²) >= 11 is 0. The van der Waals surface area contributed by atoms with E-state index >= 15 is 0 Å². The zero-order chi connectivity index (χ0) is 11.1. The minimum atomic E-state index is -0.396. The number of hydrogen-bond donors (Lipinski definition) is 1. The van der Waals surface area contributed by atoms with Crippen molar-refractivity contribution in [2.45, 2.75) is 39.2 Å². The van der Waals surface area contributed by atoms with Crippen LogP contribution in [0.5, 0.6) is 0 Å². The maximum Gasteiger partial charge on any atom is 0.236 e. The number of amides is 2. The van der Waals surface area contributed by atoms with Gasteiger partial charge in [0.05, 0.1) is 11.5 Å². The van der Waals surface area contributed by atoms with E-state index in [2.05, 4.69) is 5.32 Å². The van der Waals surface area contributed by atoms with Crippen LogP contribution in [0.3, 0.4) is 0 Å². The fraction of sp³-hybridized carbons (Fsp3) is 0.818. The molecule has 84 valence electrons. The van der Waals surface area contributed by atoms with E-state index in [1.165, 1.54) is 4.90 Å². The quantitative estimate of drug-likeness (QED) is 0.691. The molecule has 2 fully saturated rings. The number of carbonyl (C=O) groups is 2. The van der Waals surface area contributed by atoms with Crippen molar-refractivity contribution in [2.75, 3.05) is 13.1 Å². The van der Waals surface area contributed by atoms with Gasteiger partial charge in [0, 0.05) is 19.5 Å². The smallest absolute Gasteiger partial charge is 0.236 e. The number of nitrogens with one attached hydrogen (secondary N) is 1. The highest BCUT2D eigenvalue weighted by Gasteiger charge is 2.51. The van der Waals surface area contributed by atoms with Crippen LogP contribution in [0.4, 0.5) is 0 Å². The van der Waals surface area contributed by atoms with E-state index in [4.69, 9.17) is 0 Å². The van der Waals surface area contributed by atoms with Crippen LogP contribution in [-0.2, 0) is 9.59 Å². The third-order valence-corrected chi connectivity index (χ3v) is 3.91. The molecule has 2 saturated heterocycles. The normalized spacial score (nSPS) is 25.9. The van der Waals surface area contributed by atoms with Crippen molar-refractivity contribution in [1.29, 1.82) is 0 Å². The lowest BCUT2D eigenvalue weighted by atomic mass is 9.81. The fourth-order valence-electron chi connectivity index (χ4n) is 2.45. The number of hydrogen-bond acceptors (Lipinski definition) is 3. The summed E-state index contributed by atoms with van der Waals surface area (Å²) in [6.45, 7) is 5.52. The molecule has 0 aromatic heterocycles. The topological polar surface area (TPSA) is 49.4 Å². The summed E-state index contributed by atoms with van der Waals surface area (Å²) in [7, 11) is 0. The summed E-state index contributed by atoms with van der Waals surface area (Å²) in [5.41, 5.74) is -0.396. The minimum absolute atomic E-state index is 0.0233. The molecule has 0 radical (unpaired) electrons. The van der Waals surface area contributed by atoms with E-state index in [9.17, 15) is 9.59 Å². The van der Waals surface area contributed by atoms with Gasteiger partial charge in [-0.05, 0) is 12.8 Å². The van der Waals surface area contributed by atoms with Crippen LogP contribution < -0.4 is 5.32 Å². The predicted molar refractivity (Wildman–Crippen MR) is 56.1 cm³/mol. The molecule has 2 aliphatic heterocycles. The Morgan fingerprint density at radius 3 is 2.27 bits per heavy atom. The van der Waals surface area contributed by atoms with Gasteiger partial charge < -0.3 is 5.32 Å². The highest BCUT2D eigenvalue weighted by atomic mass is 16.2. The summed E-state index contributed by atoms with van der Waals surface area (Å²) in [5.74, 6) is 0.0826. The average molecular weight is 210 g/mol. The second kappa shape index (κ2) is 3.59. The zero-order valence-corrected chi connectivity index (χ0v) is 9.38. The monoisotopic (exact) mass is 210 g/mol. The Labute approximate surface area is 90.0 Å². The molecule has 4 nitrogen and oxygen atoms in total. The summed E-state index contributed by atoms with van der Waals surface area (Å²) in [6.07, 6.45) is 1.95. The molecule has 2 rings (SSSR count). The van der Waals surface area contributed by atoms with Crippen molar-refractivity contribution in [1.82, 2.24) is 10.2 Å². The predicted octanol–water partition coefficient (Wildman–Crippen LogP) is 0.523. The summed E-state index contributed by atoms with van der Waals surface area (Å²) in [6, 6.07) is 0.116. The molecule has 0 bridgehead atoms. The maximum atomic E-state index is 12.2. The summed E-state index contributed by atoms with van der Waals surface area (Å²) in [5, 5.41) is 3.10. The van der Waals surface area contributed by atoms with Crippen molar-refractivity contribution in [3.05, 3.63) is 0 Å². The number of imide groups is 1. The van der Waals surface area contributed by atoms with Gasteiger partial charge in [0.15, 0.2) is 0 Å². The van der Waals surface area contributed by atoms with Crippen LogP contribution in [0.2, 0.25) is 0 Å².